The second-order valence-electron chi connectivity index (χ2n) is 5.49. The largest absolute Gasteiger partial charge is 0.377 e. The van der Waals surface area contributed by atoms with Crippen molar-refractivity contribution in [3.8, 4) is 0 Å². The Kier molecular flexibility index (Phi) is 4.24. The molecule has 0 spiro atoms. The Balaban J connectivity index is 1.92. The molecule has 1 aliphatic rings. The number of hydrogen-bond donors (Lipinski definition) is 0. The summed E-state index contributed by atoms with van der Waals surface area (Å²) in [6, 6.07) is 11.9. The van der Waals surface area contributed by atoms with Crippen LogP contribution in [0.2, 0.25) is 0 Å². The van der Waals surface area contributed by atoms with Gasteiger partial charge in [0.15, 0.2) is 0 Å². The highest BCUT2D eigenvalue weighted by molar-refractivity contribution is 5.93. The SMILES string of the molecule is CCn1nc(C)cc1C(=O)N1CCOCC1c1ccccc1. The zero-order chi connectivity index (χ0) is 15.5. The van der Waals surface area contributed by atoms with Gasteiger partial charge in [-0.3, -0.25) is 9.48 Å². The van der Waals surface area contributed by atoms with Crippen LogP contribution < -0.4 is 0 Å². The average Bonchev–Trinajstić information content (AvgIpc) is 2.96. The molecule has 1 amide bonds. The van der Waals surface area contributed by atoms with Gasteiger partial charge in [-0.2, -0.15) is 5.10 Å². The number of carbonyl (C=O) groups excluding carboxylic acids is 1. The van der Waals surface area contributed by atoms with E-state index in [1.54, 1.807) is 4.68 Å². The molecule has 0 aliphatic carbocycles. The number of rotatable bonds is 3. The quantitative estimate of drug-likeness (QED) is 0.874. The first-order valence-corrected chi connectivity index (χ1v) is 7.69. The van der Waals surface area contributed by atoms with Crippen LogP contribution in [0.25, 0.3) is 0 Å². The summed E-state index contributed by atoms with van der Waals surface area (Å²) in [6.07, 6.45) is 0. The standard InChI is InChI=1S/C17H21N3O2/c1-3-20-15(11-13(2)18-20)17(21)19-9-10-22-12-16(19)14-7-5-4-6-8-14/h4-8,11,16H,3,9-10,12H2,1-2H3. The molecular weight excluding hydrogens is 278 g/mol. The fourth-order valence-electron chi connectivity index (χ4n) is 2.90. The summed E-state index contributed by atoms with van der Waals surface area (Å²) in [6.45, 7) is 6.32. The first kappa shape index (κ1) is 14.8. The summed E-state index contributed by atoms with van der Waals surface area (Å²) in [5.74, 6) is 0.0274. The molecule has 1 atom stereocenters. The van der Waals surface area contributed by atoms with Crippen molar-refractivity contribution in [2.45, 2.75) is 26.4 Å². The number of amides is 1. The van der Waals surface area contributed by atoms with Crippen LogP contribution >= 0.6 is 0 Å². The van der Waals surface area contributed by atoms with E-state index in [2.05, 4.69) is 5.10 Å². The Labute approximate surface area is 130 Å². The van der Waals surface area contributed by atoms with Gasteiger partial charge in [0.05, 0.1) is 24.9 Å². The Bertz CT molecular complexity index is 651. The normalized spacial score (nSPS) is 18.5. The number of aromatic nitrogens is 2. The third kappa shape index (κ3) is 2.76. The Morgan fingerprint density at radius 2 is 2.14 bits per heavy atom. The lowest BCUT2D eigenvalue weighted by Gasteiger charge is -2.36. The van der Waals surface area contributed by atoms with Crippen LogP contribution in [0.1, 0.15) is 34.7 Å². The number of aryl methyl sites for hydroxylation is 2. The minimum Gasteiger partial charge on any atom is -0.377 e. The molecule has 1 aliphatic heterocycles. The summed E-state index contributed by atoms with van der Waals surface area (Å²) < 4.78 is 7.37. The van der Waals surface area contributed by atoms with Crippen LogP contribution in [-0.4, -0.2) is 40.3 Å². The van der Waals surface area contributed by atoms with Crippen LogP contribution in [-0.2, 0) is 11.3 Å². The number of nitrogens with zero attached hydrogens (tertiary/aromatic N) is 3. The van der Waals surface area contributed by atoms with E-state index in [4.69, 9.17) is 4.74 Å². The zero-order valence-electron chi connectivity index (χ0n) is 13.0. The molecule has 2 aromatic rings. The highest BCUT2D eigenvalue weighted by Gasteiger charge is 2.30. The Morgan fingerprint density at radius 1 is 1.36 bits per heavy atom. The summed E-state index contributed by atoms with van der Waals surface area (Å²) in [5.41, 5.74) is 2.63. The smallest absolute Gasteiger partial charge is 0.272 e. The molecule has 1 unspecified atom stereocenters. The molecule has 5 heteroatoms. The lowest BCUT2D eigenvalue weighted by Crippen LogP contribution is -2.44. The maximum Gasteiger partial charge on any atom is 0.272 e. The van der Waals surface area contributed by atoms with Crippen molar-refractivity contribution in [1.82, 2.24) is 14.7 Å². The lowest BCUT2D eigenvalue weighted by atomic mass is 10.0. The van der Waals surface area contributed by atoms with Crippen LogP contribution in [0.15, 0.2) is 36.4 Å². The second-order valence-corrected chi connectivity index (χ2v) is 5.49. The highest BCUT2D eigenvalue weighted by atomic mass is 16.5. The van der Waals surface area contributed by atoms with Gasteiger partial charge in [0.25, 0.3) is 5.91 Å². The van der Waals surface area contributed by atoms with Crippen LogP contribution in [0.4, 0.5) is 0 Å². The molecule has 3 rings (SSSR count). The van der Waals surface area contributed by atoms with Crippen molar-refractivity contribution >= 4 is 5.91 Å². The van der Waals surface area contributed by atoms with Crippen molar-refractivity contribution in [2.24, 2.45) is 0 Å². The third-order valence-electron chi connectivity index (χ3n) is 3.99. The molecule has 2 heterocycles. The topological polar surface area (TPSA) is 47.4 Å². The van der Waals surface area contributed by atoms with E-state index >= 15 is 0 Å². The zero-order valence-corrected chi connectivity index (χ0v) is 13.0. The molecule has 22 heavy (non-hydrogen) atoms. The van der Waals surface area contributed by atoms with E-state index in [1.165, 1.54) is 0 Å². The first-order valence-electron chi connectivity index (χ1n) is 7.69. The van der Waals surface area contributed by atoms with Crippen LogP contribution in [0, 0.1) is 6.92 Å². The molecule has 1 aromatic heterocycles. The van der Waals surface area contributed by atoms with E-state index < -0.39 is 0 Å². The second kappa shape index (κ2) is 6.32. The van der Waals surface area contributed by atoms with Gasteiger partial charge in [0.2, 0.25) is 0 Å². The van der Waals surface area contributed by atoms with Gasteiger partial charge >= 0.3 is 0 Å². The van der Waals surface area contributed by atoms with Gasteiger partial charge in [-0.1, -0.05) is 30.3 Å². The molecule has 0 N–H and O–H groups in total. The molecule has 1 fully saturated rings. The van der Waals surface area contributed by atoms with Gasteiger partial charge in [-0.15, -0.1) is 0 Å². The van der Waals surface area contributed by atoms with E-state index in [9.17, 15) is 4.79 Å². The van der Waals surface area contributed by atoms with Gasteiger partial charge in [-0.25, -0.2) is 0 Å². The molecule has 0 saturated carbocycles. The molecule has 1 saturated heterocycles. The highest BCUT2D eigenvalue weighted by Crippen LogP contribution is 2.26. The van der Waals surface area contributed by atoms with Crippen LogP contribution in [0.3, 0.4) is 0 Å². The summed E-state index contributed by atoms with van der Waals surface area (Å²) >= 11 is 0. The van der Waals surface area contributed by atoms with E-state index in [1.807, 2.05) is 55.1 Å². The van der Waals surface area contributed by atoms with Crippen molar-refractivity contribution in [1.29, 1.82) is 0 Å². The molecule has 0 bridgehead atoms. The van der Waals surface area contributed by atoms with Gasteiger partial charge in [-0.05, 0) is 25.5 Å². The predicted octanol–water partition coefficient (Wildman–Crippen LogP) is 2.43. The van der Waals surface area contributed by atoms with Gasteiger partial charge < -0.3 is 9.64 Å². The minimum atomic E-state index is -0.0389. The molecule has 0 radical (unpaired) electrons. The predicted molar refractivity (Wildman–Crippen MR) is 83.7 cm³/mol. The number of benzene rings is 1. The fraction of sp³-hybridized carbons (Fsp3) is 0.412. The maximum atomic E-state index is 13.0. The minimum absolute atomic E-state index is 0.0274. The third-order valence-corrected chi connectivity index (χ3v) is 3.99. The molecule has 1 aromatic carbocycles. The monoisotopic (exact) mass is 299 g/mol. The van der Waals surface area contributed by atoms with Crippen molar-refractivity contribution in [3.05, 3.63) is 53.3 Å². The van der Waals surface area contributed by atoms with Crippen molar-refractivity contribution in [2.75, 3.05) is 19.8 Å². The summed E-state index contributed by atoms with van der Waals surface area (Å²) in [5, 5.41) is 4.38. The summed E-state index contributed by atoms with van der Waals surface area (Å²) in [7, 11) is 0. The first-order chi connectivity index (χ1) is 10.7. The summed E-state index contributed by atoms with van der Waals surface area (Å²) in [4.78, 5) is 14.9. The van der Waals surface area contributed by atoms with Crippen molar-refractivity contribution in [3.63, 3.8) is 0 Å². The van der Waals surface area contributed by atoms with Crippen LogP contribution in [0.5, 0.6) is 0 Å². The Hall–Kier alpha value is -2.14. The number of carbonyl (C=O) groups is 1. The van der Waals surface area contributed by atoms with Gasteiger partial charge in [0.1, 0.15) is 5.69 Å². The Morgan fingerprint density at radius 3 is 2.86 bits per heavy atom. The number of ether oxygens (including phenoxy) is 1. The molecular formula is C17H21N3O2. The van der Waals surface area contributed by atoms with Gasteiger partial charge in [0, 0.05) is 13.1 Å². The fourth-order valence-corrected chi connectivity index (χ4v) is 2.90. The number of hydrogen-bond acceptors (Lipinski definition) is 3. The average molecular weight is 299 g/mol. The molecule has 5 nitrogen and oxygen atoms in total. The van der Waals surface area contributed by atoms with Crippen molar-refractivity contribution < 1.29 is 9.53 Å². The number of morpholine rings is 1. The van der Waals surface area contributed by atoms with E-state index in [-0.39, 0.29) is 11.9 Å². The van der Waals surface area contributed by atoms with E-state index in [0.717, 1.165) is 11.3 Å². The maximum absolute atomic E-state index is 13.0. The molecule has 116 valence electrons. The van der Waals surface area contributed by atoms with E-state index in [0.29, 0.717) is 32.0 Å². The lowest BCUT2D eigenvalue weighted by molar-refractivity contribution is -0.00332.